The van der Waals surface area contributed by atoms with Crippen LogP contribution >= 0.6 is 0 Å². The fourth-order valence-electron chi connectivity index (χ4n) is 1.97. The number of para-hydroxylation sites is 1. The molecule has 1 aromatic heterocycles. The minimum Gasteiger partial charge on any atom is -0.320 e. The topological polar surface area (TPSA) is 4.93 Å². The number of hydrogen-bond acceptors (Lipinski definition) is 0. The molecule has 1 heteroatoms. The maximum Gasteiger partial charge on any atom is 0.0525 e. The number of rotatable bonds is 0. The standard InChI is InChI=1S/C13H11N/c1-2-7-12-10-11-6-3-4-8-13(11)14(12)9-5-1/h1-6,8-10H,7H2. The van der Waals surface area contributed by atoms with Crippen molar-refractivity contribution in [2.45, 2.75) is 6.42 Å². The molecular formula is C13H11N. The highest BCUT2D eigenvalue weighted by Crippen LogP contribution is 2.21. The number of nitrogens with zero attached hydrogens (tertiary/aromatic N) is 1. The van der Waals surface area contributed by atoms with Gasteiger partial charge in [0.15, 0.2) is 0 Å². The van der Waals surface area contributed by atoms with E-state index < -0.39 is 0 Å². The summed E-state index contributed by atoms with van der Waals surface area (Å²) < 4.78 is 2.26. The molecule has 0 aliphatic carbocycles. The summed E-state index contributed by atoms with van der Waals surface area (Å²) in [5.41, 5.74) is 2.65. The van der Waals surface area contributed by atoms with Crippen LogP contribution in [0.3, 0.4) is 0 Å². The van der Waals surface area contributed by atoms with Crippen molar-refractivity contribution in [1.29, 1.82) is 0 Å². The van der Waals surface area contributed by atoms with E-state index >= 15 is 0 Å². The van der Waals surface area contributed by atoms with Crippen LogP contribution in [-0.2, 0) is 6.42 Å². The molecule has 0 N–H and O–H groups in total. The van der Waals surface area contributed by atoms with Gasteiger partial charge in [-0.15, -0.1) is 0 Å². The highest BCUT2D eigenvalue weighted by Gasteiger charge is 2.05. The molecule has 1 aromatic carbocycles. The van der Waals surface area contributed by atoms with Crippen molar-refractivity contribution in [3.05, 3.63) is 54.3 Å². The Hall–Kier alpha value is -1.76. The van der Waals surface area contributed by atoms with Crippen molar-refractivity contribution in [2.75, 3.05) is 0 Å². The summed E-state index contributed by atoms with van der Waals surface area (Å²) in [6.07, 6.45) is 9.52. The van der Waals surface area contributed by atoms with Crippen LogP contribution in [-0.4, -0.2) is 4.57 Å². The second-order valence-corrected chi connectivity index (χ2v) is 3.54. The van der Waals surface area contributed by atoms with Gasteiger partial charge >= 0.3 is 0 Å². The Labute approximate surface area is 83.0 Å². The second kappa shape index (κ2) is 2.88. The molecule has 0 atom stereocenters. The lowest BCUT2D eigenvalue weighted by molar-refractivity contribution is 1.07. The van der Waals surface area contributed by atoms with E-state index in [1.165, 1.54) is 16.6 Å². The predicted molar refractivity (Wildman–Crippen MR) is 60.1 cm³/mol. The van der Waals surface area contributed by atoms with Gasteiger partial charge in [0.05, 0.1) is 5.52 Å². The van der Waals surface area contributed by atoms with Crippen LogP contribution in [0.2, 0.25) is 0 Å². The fraction of sp³-hybridized carbons (Fsp3) is 0.0769. The van der Waals surface area contributed by atoms with Crippen molar-refractivity contribution in [1.82, 2.24) is 4.57 Å². The van der Waals surface area contributed by atoms with Crippen LogP contribution in [0.25, 0.3) is 17.1 Å². The lowest BCUT2D eigenvalue weighted by Gasteiger charge is -2.00. The fourth-order valence-corrected chi connectivity index (χ4v) is 1.97. The predicted octanol–water partition coefficient (Wildman–Crippen LogP) is 3.22. The first kappa shape index (κ1) is 7.63. The van der Waals surface area contributed by atoms with Gasteiger partial charge in [-0.3, -0.25) is 0 Å². The maximum absolute atomic E-state index is 2.26. The Morgan fingerprint density at radius 3 is 3.00 bits per heavy atom. The summed E-state index contributed by atoms with van der Waals surface area (Å²) in [4.78, 5) is 0. The minimum absolute atomic E-state index is 1.02. The van der Waals surface area contributed by atoms with Crippen molar-refractivity contribution < 1.29 is 0 Å². The Morgan fingerprint density at radius 2 is 2.00 bits per heavy atom. The van der Waals surface area contributed by atoms with Gasteiger partial charge in [-0.05, 0) is 18.2 Å². The van der Waals surface area contributed by atoms with Crippen molar-refractivity contribution >= 4 is 17.1 Å². The van der Waals surface area contributed by atoms with Gasteiger partial charge in [0.1, 0.15) is 0 Å². The molecule has 2 heterocycles. The Morgan fingerprint density at radius 1 is 1.07 bits per heavy atom. The molecule has 0 saturated carbocycles. The van der Waals surface area contributed by atoms with E-state index in [-0.39, 0.29) is 0 Å². The van der Waals surface area contributed by atoms with E-state index in [1.807, 2.05) is 0 Å². The monoisotopic (exact) mass is 181 g/mol. The molecule has 0 radical (unpaired) electrons. The van der Waals surface area contributed by atoms with E-state index in [9.17, 15) is 0 Å². The molecule has 0 fully saturated rings. The first-order chi connectivity index (χ1) is 6.95. The van der Waals surface area contributed by atoms with E-state index in [1.54, 1.807) is 0 Å². The third kappa shape index (κ3) is 1.02. The molecule has 14 heavy (non-hydrogen) atoms. The van der Waals surface area contributed by atoms with E-state index in [4.69, 9.17) is 0 Å². The first-order valence-corrected chi connectivity index (χ1v) is 4.87. The molecule has 0 bridgehead atoms. The zero-order valence-electron chi connectivity index (χ0n) is 7.85. The number of fused-ring (bicyclic) bond motifs is 3. The number of allylic oxidation sites excluding steroid dienone is 3. The summed E-state index contributed by atoms with van der Waals surface area (Å²) in [6.45, 7) is 0. The number of aromatic nitrogens is 1. The third-order valence-electron chi connectivity index (χ3n) is 2.64. The molecular weight excluding hydrogens is 170 g/mol. The zero-order chi connectivity index (χ0) is 9.38. The smallest absolute Gasteiger partial charge is 0.0525 e. The van der Waals surface area contributed by atoms with Gasteiger partial charge in [0.2, 0.25) is 0 Å². The summed E-state index contributed by atoms with van der Waals surface area (Å²) in [5.74, 6) is 0. The summed E-state index contributed by atoms with van der Waals surface area (Å²) in [7, 11) is 0. The van der Waals surface area contributed by atoms with Crippen LogP contribution in [0, 0.1) is 0 Å². The number of hydrogen-bond donors (Lipinski definition) is 0. The average molecular weight is 181 g/mol. The lowest BCUT2D eigenvalue weighted by Crippen LogP contribution is -1.90. The molecule has 1 aliphatic heterocycles. The van der Waals surface area contributed by atoms with Crippen LogP contribution in [0.5, 0.6) is 0 Å². The molecule has 0 saturated heterocycles. The zero-order valence-corrected chi connectivity index (χ0v) is 7.85. The molecule has 68 valence electrons. The van der Waals surface area contributed by atoms with Crippen molar-refractivity contribution in [2.24, 2.45) is 0 Å². The van der Waals surface area contributed by atoms with Gasteiger partial charge in [0, 0.05) is 23.7 Å². The van der Waals surface area contributed by atoms with Crippen molar-refractivity contribution in [3.63, 3.8) is 0 Å². The van der Waals surface area contributed by atoms with Gasteiger partial charge in [0.25, 0.3) is 0 Å². The normalized spacial score (nSPS) is 14.3. The minimum atomic E-state index is 1.02. The first-order valence-electron chi connectivity index (χ1n) is 4.87. The molecule has 0 amide bonds. The maximum atomic E-state index is 2.26. The molecule has 2 aromatic rings. The molecule has 3 rings (SSSR count). The van der Waals surface area contributed by atoms with Crippen LogP contribution in [0.1, 0.15) is 5.69 Å². The van der Waals surface area contributed by atoms with Gasteiger partial charge in [-0.1, -0.05) is 30.4 Å². The van der Waals surface area contributed by atoms with Crippen LogP contribution in [0.15, 0.2) is 48.6 Å². The Balaban J connectivity index is 2.37. The molecule has 1 nitrogen and oxygen atoms in total. The molecule has 0 unspecified atom stereocenters. The SMILES string of the molecule is C1=CCc2cc3ccccc3n2C=C1. The largest absolute Gasteiger partial charge is 0.320 e. The van der Waals surface area contributed by atoms with Gasteiger partial charge in [-0.25, -0.2) is 0 Å². The third-order valence-corrected chi connectivity index (χ3v) is 2.64. The lowest BCUT2D eigenvalue weighted by atomic mass is 10.2. The van der Waals surface area contributed by atoms with Gasteiger partial charge < -0.3 is 4.57 Å². The summed E-state index contributed by atoms with van der Waals surface area (Å²) >= 11 is 0. The Kier molecular flexibility index (Phi) is 1.57. The summed E-state index contributed by atoms with van der Waals surface area (Å²) in [6, 6.07) is 10.8. The molecule has 1 aliphatic rings. The highest BCUT2D eigenvalue weighted by molar-refractivity contribution is 5.83. The van der Waals surface area contributed by atoms with E-state index in [0.717, 1.165) is 6.42 Å². The Bertz CT molecular complexity index is 529. The highest BCUT2D eigenvalue weighted by atomic mass is 15.0. The van der Waals surface area contributed by atoms with E-state index in [0.29, 0.717) is 0 Å². The number of benzene rings is 1. The van der Waals surface area contributed by atoms with Gasteiger partial charge in [-0.2, -0.15) is 0 Å². The van der Waals surface area contributed by atoms with Crippen LogP contribution < -0.4 is 0 Å². The molecule has 0 spiro atoms. The second-order valence-electron chi connectivity index (χ2n) is 3.54. The summed E-state index contributed by atoms with van der Waals surface area (Å²) in [5, 5.41) is 1.32. The van der Waals surface area contributed by atoms with Crippen LogP contribution in [0.4, 0.5) is 0 Å². The van der Waals surface area contributed by atoms with E-state index in [2.05, 4.69) is 59.3 Å². The quantitative estimate of drug-likeness (QED) is 0.588. The average Bonchev–Trinajstić information content (AvgIpc) is 2.42. The van der Waals surface area contributed by atoms with Crippen molar-refractivity contribution in [3.8, 4) is 0 Å².